The predicted octanol–water partition coefficient (Wildman–Crippen LogP) is 5.91. The van der Waals surface area contributed by atoms with E-state index in [9.17, 15) is 17.6 Å². The fourth-order valence-electron chi connectivity index (χ4n) is 2.29. The number of nitrogens with zero attached hydrogens (tertiary/aromatic N) is 1. The van der Waals surface area contributed by atoms with E-state index < -0.39 is 17.7 Å². The van der Waals surface area contributed by atoms with Gasteiger partial charge < -0.3 is 0 Å². The Labute approximate surface area is 165 Å². The Kier molecular flexibility index (Phi) is 6.12. The van der Waals surface area contributed by atoms with Crippen LogP contribution in [-0.2, 0) is 0 Å². The van der Waals surface area contributed by atoms with Crippen molar-refractivity contribution in [3.05, 3.63) is 101 Å². The van der Waals surface area contributed by atoms with Crippen molar-refractivity contribution < 1.29 is 17.6 Å². The van der Waals surface area contributed by atoms with Gasteiger partial charge in [0.1, 0.15) is 5.82 Å². The summed E-state index contributed by atoms with van der Waals surface area (Å²) in [5.74, 6) is 9.68. The first kappa shape index (κ1) is 19.9. The van der Waals surface area contributed by atoms with Crippen LogP contribution < -0.4 is 0 Å². The van der Waals surface area contributed by atoms with Gasteiger partial charge in [0.2, 0.25) is 0 Å². The van der Waals surface area contributed by atoms with Crippen LogP contribution in [0.5, 0.6) is 0 Å². The lowest BCUT2D eigenvalue weighted by Gasteiger charge is -2.05. The van der Waals surface area contributed by atoms with Crippen LogP contribution >= 0.6 is 0 Å². The number of hydrogen-bond acceptors (Lipinski definition) is 1. The van der Waals surface area contributed by atoms with Gasteiger partial charge in [-0.15, -0.1) is 0 Å². The Morgan fingerprint density at radius 2 is 1.31 bits per heavy atom. The van der Waals surface area contributed by atoms with Crippen molar-refractivity contribution in [1.29, 1.82) is 0 Å². The highest BCUT2D eigenvalue weighted by molar-refractivity contribution is 6.06. The van der Waals surface area contributed by atoms with E-state index in [0.717, 1.165) is 17.7 Å². The molecule has 3 aromatic carbocycles. The third-order valence-corrected chi connectivity index (χ3v) is 3.69. The molecule has 0 saturated heterocycles. The highest BCUT2D eigenvalue weighted by Gasteiger charge is 2.35. The van der Waals surface area contributed by atoms with Crippen molar-refractivity contribution >= 4 is 11.4 Å². The summed E-state index contributed by atoms with van der Waals surface area (Å²) in [5, 5.41) is 0. The minimum atomic E-state index is -4.74. The van der Waals surface area contributed by atoms with E-state index in [4.69, 9.17) is 0 Å². The molecule has 0 N–H and O–H groups in total. The number of para-hydroxylation sites is 1. The van der Waals surface area contributed by atoms with E-state index in [1.807, 2.05) is 24.1 Å². The van der Waals surface area contributed by atoms with Gasteiger partial charge in [-0.25, -0.2) is 9.38 Å². The van der Waals surface area contributed by atoms with Gasteiger partial charge in [0.05, 0.1) is 11.3 Å². The fourth-order valence-corrected chi connectivity index (χ4v) is 2.29. The first-order chi connectivity index (χ1) is 13.9. The quantitative estimate of drug-likeness (QED) is 0.278. The Balaban J connectivity index is 1.99. The van der Waals surface area contributed by atoms with Crippen LogP contribution in [0.25, 0.3) is 0 Å². The van der Waals surface area contributed by atoms with Crippen molar-refractivity contribution in [3.8, 4) is 23.7 Å². The highest BCUT2D eigenvalue weighted by Crippen LogP contribution is 2.24. The normalized spacial score (nSPS) is 11.1. The molecule has 0 aliphatic rings. The summed E-state index contributed by atoms with van der Waals surface area (Å²) in [7, 11) is 0. The number of benzene rings is 3. The molecule has 0 saturated carbocycles. The molecule has 0 fully saturated rings. The molecule has 3 rings (SSSR count). The summed E-state index contributed by atoms with van der Waals surface area (Å²) in [6, 6.07) is 20.2. The molecule has 0 amide bonds. The number of alkyl halides is 3. The van der Waals surface area contributed by atoms with E-state index in [1.165, 1.54) is 18.2 Å². The second kappa shape index (κ2) is 8.91. The van der Waals surface area contributed by atoms with Crippen LogP contribution in [0.1, 0.15) is 16.7 Å². The van der Waals surface area contributed by atoms with E-state index in [0.29, 0.717) is 5.56 Å². The zero-order valence-corrected chi connectivity index (χ0v) is 15.0. The molecular weight excluding hydrogens is 378 g/mol. The minimum absolute atomic E-state index is 0.0664. The van der Waals surface area contributed by atoms with Gasteiger partial charge in [-0.05, 0) is 54.5 Å². The zero-order valence-electron chi connectivity index (χ0n) is 15.0. The maximum atomic E-state index is 13.4. The van der Waals surface area contributed by atoms with E-state index in [1.54, 1.807) is 30.3 Å². The van der Waals surface area contributed by atoms with Crippen LogP contribution in [0.4, 0.5) is 23.2 Å². The number of rotatable bonds is 1. The second-order valence-corrected chi connectivity index (χ2v) is 5.85. The molecule has 0 bridgehead atoms. The van der Waals surface area contributed by atoms with Gasteiger partial charge >= 0.3 is 6.18 Å². The number of hydrogen-bond donors (Lipinski definition) is 0. The van der Waals surface area contributed by atoms with Crippen molar-refractivity contribution in [2.45, 2.75) is 6.18 Å². The molecule has 0 spiro atoms. The summed E-state index contributed by atoms with van der Waals surface area (Å²) in [5.41, 5.74) is 0.146. The van der Waals surface area contributed by atoms with Crippen molar-refractivity contribution in [3.63, 3.8) is 0 Å². The van der Waals surface area contributed by atoms with Crippen LogP contribution in [0, 0.1) is 29.5 Å². The lowest BCUT2D eigenvalue weighted by molar-refractivity contribution is -0.0571. The van der Waals surface area contributed by atoms with Crippen LogP contribution in [0.15, 0.2) is 83.9 Å². The predicted molar refractivity (Wildman–Crippen MR) is 105 cm³/mol. The molecule has 0 aliphatic heterocycles. The third-order valence-electron chi connectivity index (χ3n) is 3.69. The molecule has 3 aromatic rings. The summed E-state index contributed by atoms with van der Waals surface area (Å²) in [6.07, 6.45) is -4.74. The molecule has 5 heteroatoms. The summed E-state index contributed by atoms with van der Waals surface area (Å²) in [4.78, 5) is 3.72. The van der Waals surface area contributed by atoms with Crippen molar-refractivity contribution in [1.82, 2.24) is 0 Å². The lowest BCUT2D eigenvalue weighted by Crippen LogP contribution is -2.21. The maximum Gasteiger partial charge on any atom is 0.441 e. The molecule has 0 radical (unpaired) electrons. The van der Waals surface area contributed by atoms with E-state index >= 15 is 0 Å². The van der Waals surface area contributed by atoms with Gasteiger partial charge in [-0.2, -0.15) is 13.2 Å². The standard InChI is InChI=1S/C24H13F4N/c25-21-15-11-19(12-16-21)13-17-23(24(26,27)28)29-22-9-5-4-8-20(22)14-10-18-6-2-1-3-7-18/h1-9,11-12,15-16H. The Morgan fingerprint density at radius 3 is 2.00 bits per heavy atom. The molecule has 0 aliphatic carbocycles. The summed E-state index contributed by atoms with van der Waals surface area (Å²) in [6.45, 7) is 0. The topological polar surface area (TPSA) is 12.4 Å². The van der Waals surface area contributed by atoms with Crippen molar-refractivity contribution in [2.75, 3.05) is 0 Å². The Hall–Kier alpha value is -3.83. The van der Waals surface area contributed by atoms with Crippen molar-refractivity contribution in [2.24, 2.45) is 4.99 Å². The zero-order chi connectivity index (χ0) is 20.7. The van der Waals surface area contributed by atoms with Crippen LogP contribution in [0.2, 0.25) is 0 Å². The Morgan fingerprint density at radius 1 is 0.690 bits per heavy atom. The molecule has 0 heterocycles. The summed E-state index contributed by atoms with van der Waals surface area (Å²) < 4.78 is 53.2. The first-order valence-electron chi connectivity index (χ1n) is 8.51. The maximum absolute atomic E-state index is 13.4. The van der Waals surface area contributed by atoms with E-state index in [-0.39, 0.29) is 11.3 Å². The van der Waals surface area contributed by atoms with Gasteiger partial charge in [-0.1, -0.05) is 48.1 Å². The minimum Gasteiger partial charge on any atom is -0.234 e. The monoisotopic (exact) mass is 391 g/mol. The average Bonchev–Trinajstić information content (AvgIpc) is 2.71. The Bertz CT molecular complexity index is 1140. The number of aliphatic imine (C=N–C) groups is 1. The average molecular weight is 391 g/mol. The molecule has 29 heavy (non-hydrogen) atoms. The van der Waals surface area contributed by atoms with E-state index in [2.05, 4.69) is 22.8 Å². The first-order valence-corrected chi connectivity index (χ1v) is 8.51. The van der Waals surface area contributed by atoms with Gasteiger partial charge in [0, 0.05) is 11.1 Å². The molecule has 0 unspecified atom stereocenters. The van der Waals surface area contributed by atoms with Gasteiger partial charge in [0.15, 0.2) is 5.71 Å². The second-order valence-electron chi connectivity index (χ2n) is 5.85. The van der Waals surface area contributed by atoms with Gasteiger partial charge in [-0.3, -0.25) is 0 Å². The lowest BCUT2D eigenvalue weighted by atomic mass is 10.1. The molecule has 142 valence electrons. The SMILES string of the molecule is Fc1ccc(C#CC(=Nc2ccccc2C#Cc2ccccc2)C(F)(F)F)cc1. The number of halogens is 4. The summed E-state index contributed by atoms with van der Waals surface area (Å²) >= 11 is 0. The fraction of sp³-hybridized carbons (Fsp3) is 0.0417. The molecule has 1 nitrogen and oxygen atoms in total. The molecule has 0 atom stereocenters. The van der Waals surface area contributed by atoms with Crippen LogP contribution in [0.3, 0.4) is 0 Å². The smallest absolute Gasteiger partial charge is 0.234 e. The molecular formula is C24H13F4N. The third kappa shape index (κ3) is 5.82. The van der Waals surface area contributed by atoms with Crippen LogP contribution in [-0.4, -0.2) is 11.9 Å². The highest BCUT2D eigenvalue weighted by atomic mass is 19.4. The largest absolute Gasteiger partial charge is 0.441 e. The van der Waals surface area contributed by atoms with Gasteiger partial charge in [0.25, 0.3) is 0 Å². The molecule has 0 aromatic heterocycles.